The minimum absolute atomic E-state index is 0.0867. The SMILES string of the molecule is CC(O)C1C(=O)N2C(C(=O)O)=C(SC3CNC(CSCCC(N)=O)C3)C(C)C12. The van der Waals surface area contributed by atoms with Gasteiger partial charge in [0.2, 0.25) is 11.8 Å². The molecule has 0 bridgehead atoms. The number of aliphatic hydroxyl groups is 1. The van der Waals surface area contributed by atoms with Crippen molar-refractivity contribution in [3.63, 3.8) is 0 Å². The van der Waals surface area contributed by atoms with Gasteiger partial charge >= 0.3 is 5.97 Å². The van der Waals surface area contributed by atoms with Crippen molar-refractivity contribution >= 4 is 41.3 Å². The van der Waals surface area contributed by atoms with E-state index in [1.165, 1.54) is 4.90 Å². The van der Waals surface area contributed by atoms with Crippen LogP contribution in [0.1, 0.15) is 26.7 Å². The van der Waals surface area contributed by atoms with Crippen molar-refractivity contribution in [3.8, 4) is 0 Å². The van der Waals surface area contributed by atoms with Gasteiger partial charge in [0, 0.05) is 46.6 Å². The predicted octanol–water partition coefficient (Wildman–Crippen LogP) is 0.212. The molecule has 0 aliphatic carbocycles. The van der Waals surface area contributed by atoms with Crippen molar-refractivity contribution in [1.29, 1.82) is 0 Å². The van der Waals surface area contributed by atoms with Crippen molar-refractivity contribution < 1.29 is 24.6 Å². The van der Waals surface area contributed by atoms with Crippen LogP contribution in [0.3, 0.4) is 0 Å². The maximum absolute atomic E-state index is 12.4. The van der Waals surface area contributed by atoms with Gasteiger partial charge in [0.15, 0.2) is 0 Å². The van der Waals surface area contributed by atoms with Gasteiger partial charge in [-0.3, -0.25) is 9.59 Å². The Kier molecular flexibility index (Phi) is 6.63. The summed E-state index contributed by atoms with van der Waals surface area (Å²) in [6, 6.07) is 0.0421. The molecule has 3 aliphatic heterocycles. The Morgan fingerprint density at radius 2 is 2.14 bits per heavy atom. The lowest BCUT2D eigenvalue weighted by molar-refractivity contribution is -0.163. The van der Waals surface area contributed by atoms with Gasteiger partial charge in [-0.05, 0) is 13.3 Å². The Hall–Kier alpha value is -1.23. The van der Waals surface area contributed by atoms with E-state index in [0.29, 0.717) is 18.2 Å². The zero-order valence-electron chi connectivity index (χ0n) is 16.0. The normalized spacial score (nSPS) is 33.0. The van der Waals surface area contributed by atoms with Crippen LogP contribution in [-0.4, -0.2) is 74.4 Å². The highest BCUT2D eigenvalue weighted by atomic mass is 32.2. The molecule has 5 N–H and O–H groups in total. The minimum Gasteiger partial charge on any atom is -0.477 e. The van der Waals surface area contributed by atoms with Crippen LogP contribution >= 0.6 is 23.5 Å². The third-order valence-electron chi connectivity index (χ3n) is 5.60. The van der Waals surface area contributed by atoms with E-state index in [1.807, 2.05) is 6.92 Å². The fourth-order valence-electron chi connectivity index (χ4n) is 4.26. The number of amides is 2. The van der Waals surface area contributed by atoms with Crippen LogP contribution < -0.4 is 11.1 Å². The van der Waals surface area contributed by atoms with E-state index in [0.717, 1.165) is 23.6 Å². The number of fused-ring (bicyclic) bond motifs is 1. The van der Waals surface area contributed by atoms with Gasteiger partial charge in [0.1, 0.15) is 5.70 Å². The van der Waals surface area contributed by atoms with E-state index in [-0.39, 0.29) is 34.7 Å². The van der Waals surface area contributed by atoms with Crippen LogP contribution in [-0.2, 0) is 14.4 Å². The van der Waals surface area contributed by atoms with E-state index in [9.17, 15) is 24.6 Å². The first kappa shape index (κ1) is 21.5. The number of thioether (sulfide) groups is 2. The molecule has 2 fully saturated rings. The number of hydrogen-bond acceptors (Lipinski definition) is 7. The second-order valence-electron chi connectivity index (χ2n) is 7.64. The molecule has 3 rings (SSSR count). The van der Waals surface area contributed by atoms with Crippen LogP contribution in [0.15, 0.2) is 10.6 Å². The molecular weight excluding hydrogens is 402 g/mol. The van der Waals surface area contributed by atoms with Gasteiger partial charge in [-0.25, -0.2) is 4.79 Å². The number of nitrogens with one attached hydrogen (secondary N) is 1. The number of carboxylic acid groups (broad SMARTS) is 1. The molecule has 28 heavy (non-hydrogen) atoms. The molecular formula is C18H27N3O5S2. The molecule has 2 saturated heterocycles. The maximum atomic E-state index is 12.4. The first-order chi connectivity index (χ1) is 13.2. The zero-order chi connectivity index (χ0) is 20.6. The lowest BCUT2D eigenvalue weighted by Crippen LogP contribution is -2.63. The number of aliphatic carboxylic acids is 1. The molecule has 0 aromatic rings. The lowest BCUT2D eigenvalue weighted by atomic mass is 9.79. The molecule has 0 aromatic carbocycles. The summed E-state index contributed by atoms with van der Waals surface area (Å²) in [5.74, 6) is -0.723. The van der Waals surface area contributed by atoms with Gasteiger partial charge < -0.3 is 26.2 Å². The predicted molar refractivity (Wildman–Crippen MR) is 109 cm³/mol. The van der Waals surface area contributed by atoms with Crippen molar-refractivity contribution in [2.24, 2.45) is 17.6 Å². The van der Waals surface area contributed by atoms with Crippen LogP contribution in [0.25, 0.3) is 0 Å². The molecule has 2 amide bonds. The smallest absolute Gasteiger partial charge is 0.353 e. The number of hydrogen-bond donors (Lipinski definition) is 4. The Morgan fingerprint density at radius 1 is 1.43 bits per heavy atom. The summed E-state index contributed by atoms with van der Waals surface area (Å²) in [4.78, 5) is 37.1. The Morgan fingerprint density at radius 3 is 2.75 bits per heavy atom. The maximum Gasteiger partial charge on any atom is 0.353 e. The van der Waals surface area contributed by atoms with E-state index in [4.69, 9.17) is 5.73 Å². The molecule has 156 valence electrons. The number of nitrogens with zero attached hydrogens (tertiary/aromatic N) is 1. The molecule has 6 unspecified atom stereocenters. The summed E-state index contributed by atoms with van der Waals surface area (Å²) in [5, 5.41) is 23.3. The standard InChI is InChI=1S/C18H27N3O5S2/c1-8-14-13(9(2)22)17(24)21(14)15(18(25)26)16(8)28-11-5-10(20-6-11)7-27-4-3-12(19)23/h8-11,13-14,20,22H,3-7H2,1-2H3,(H2,19,23)(H,25,26). The molecule has 0 spiro atoms. The number of nitrogens with two attached hydrogens (primary N) is 1. The van der Waals surface area contributed by atoms with Crippen LogP contribution in [0.2, 0.25) is 0 Å². The van der Waals surface area contributed by atoms with Crippen LogP contribution in [0.4, 0.5) is 0 Å². The number of aliphatic hydroxyl groups excluding tert-OH is 1. The molecule has 0 radical (unpaired) electrons. The summed E-state index contributed by atoms with van der Waals surface area (Å²) in [6.45, 7) is 4.30. The van der Waals surface area contributed by atoms with Crippen LogP contribution in [0, 0.1) is 11.8 Å². The van der Waals surface area contributed by atoms with Gasteiger partial charge in [0.05, 0.1) is 18.1 Å². The molecule has 0 saturated carbocycles. The second kappa shape index (κ2) is 8.64. The highest BCUT2D eigenvalue weighted by Gasteiger charge is 2.60. The quantitative estimate of drug-likeness (QED) is 0.302. The summed E-state index contributed by atoms with van der Waals surface area (Å²) < 4.78 is 0. The molecule has 8 nitrogen and oxygen atoms in total. The van der Waals surface area contributed by atoms with Crippen molar-refractivity contribution in [3.05, 3.63) is 10.6 Å². The second-order valence-corrected chi connectivity index (χ2v) is 10.1. The third kappa shape index (κ3) is 4.05. The zero-order valence-corrected chi connectivity index (χ0v) is 17.6. The van der Waals surface area contributed by atoms with Crippen molar-refractivity contribution in [1.82, 2.24) is 10.2 Å². The van der Waals surface area contributed by atoms with E-state index < -0.39 is 18.0 Å². The molecule has 6 atom stereocenters. The van der Waals surface area contributed by atoms with Crippen molar-refractivity contribution in [2.75, 3.05) is 18.1 Å². The highest BCUT2D eigenvalue weighted by molar-refractivity contribution is 8.03. The first-order valence-corrected chi connectivity index (χ1v) is 11.5. The average molecular weight is 430 g/mol. The van der Waals surface area contributed by atoms with Gasteiger partial charge in [-0.1, -0.05) is 6.92 Å². The number of carbonyl (C=O) groups is 3. The summed E-state index contributed by atoms with van der Waals surface area (Å²) in [7, 11) is 0. The van der Waals surface area contributed by atoms with Gasteiger partial charge in [-0.15, -0.1) is 11.8 Å². The lowest BCUT2D eigenvalue weighted by Gasteiger charge is -2.46. The van der Waals surface area contributed by atoms with E-state index in [1.54, 1.807) is 30.4 Å². The van der Waals surface area contributed by atoms with Crippen LogP contribution in [0.5, 0.6) is 0 Å². The van der Waals surface area contributed by atoms with Gasteiger partial charge in [-0.2, -0.15) is 11.8 Å². The first-order valence-electron chi connectivity index (χ1n) is 9.47. The monoisotopic (exact) mass is 429 g/mol. The summed E-state index contributed by atoms with van der Waals surface area (Å²) in [5.41, 5.74) is 5.24. The number of carbonyl (C=O) groups excluding carboxylic acids is 2. The summed E-state index contributed by atoms with van der Waals surface area (Å²) >= 11 is 3.23. The van der Waals surface area contributed by atoms with E-state index >= 15 is 0 Å². The average Bonchev–Trinajstić information content (AvgIpc) is 3.14. The third-order valence-corrected chi connectivity index (χ3v) is 8.24. The Bertz CT molecular complexity index is 699. The Balaban J connectivity index is 1.61. The fraction of sp³-hybridized carbons (Fsp3) is 0.722. The number of carboxylic acids is 1. The molecule has 0 aromatic heterocycles. The largest absolute Gasteiger partial charge is 0.477 e. The van der Waals surface area contributed by atoms with Gasteiger partial charge in [0.25, 0.3) is 0 Å². The molecule has 3 aliphatic rings. The fourth-order valence-corrected chi connectivity index (χ4v) is 6.82. The molecule has 3 heterocycles. The minimum atomic E-state index is -1.08. The number of primary amides is 1. The Labute approximate surface area is 172 Å². The topological polar surface area (TPSA) is 133 Å². The highest BCUT2D eigenvalue weighted by Crippen LogP contribution is 2.51. The van der Waals surface area contributed by atoms with E-state index in [2.05, 4.69) is 5.32 Å². The molecule has 10 heteroatoms. The number of β-lactam (4-membered cyclic amide) rings is 1. The summed E-state index contributed by atoms with van der Waals surface area (Å²) in [6.07, 6.45) is 0.485. The van der Waals surface area contributed by atoms with Crippen molar-refractivity contribution in [2.45, 2.75) is 50.1 Å². The number of rotatable bonds is 9.